The first kappa shape index (κ1) is 18.5. The quantitative estimate of drug-likeness (QED) is 0.596. The zero-order valence-corrected chi connectivity index (χ0v) is 16.3. The van der Waals surface area contributed by atoms with Gasteiger partial charge in [-0.15, -0.1) is 0 Å². The molecule has 1 atom stereocenters. The molecule has 2 aromatic carbocycles. The Balaban J connectivity index is 1.68. The first-order valence-electron chi connectivity index (χ1n) is 8.54. The summed E-state index contributed by atoms with van der Waals surface area (Å²) in [5, 5.41) is 2.98. The highest BCUT2D eigenvalue weighted by molar-refractivity contribution is 9.10. The number of ether oxygens (including phenoxy) is 1. The smallest absolute Gasteiger partial charge is 0.258 e. The number of hydrogen-bond donors (Lipinski definition) is 1. The van der Waals surface area contributed by atoms with Crippen LogP contribution in [0.2, 0.25) is 0 Å². The lowest BCUT2D eigenvalue weighted by molar-refractivity contribution is -0.124. The van der Waals surface area contributed by atoms with Gasteiger partial charge in [0.15, 0.2) is 12.2 Å². The number of rotatable bonds is 7. The van der Waals surface area contributed by atoms with Crippen molar-refractivity contribution in [1.82, 2.24) is 10.3 Å². The van der Waals surface area contributed by atoms with E-state index in [1.165, 1.54) is 0 Å². The minimum Gasteiger partial charge on any atom is -0.484 e. The molecule has 3 aromatic rings. The number of para-hydroxylation sites is 2. The molecular formula is C20H21BrN2O3. The molecule has 3 rings (SSSR count). The Labute approximate surface area is 160 Å². The van der Waals surface area contributed by atoms with Gasteiger partial charge in [-0.2, -0.15) is 0 Å². The normalized spacial score (nSPS) is 12.3. The molecule has 0 bridgehead atoms. The summed E-state index contributed by atoms with van der Waals surface area (Å²) in [5.41, 5.74) is 1.51. The van der Waals surface area contributed by atoms with E-state index in [4.69, 9.17) is 9.15 Å². The van der Waals surface area contributed by atoms with Gasteiger partial charge < -0.3 is 14.5 Å². The Hall–Kier alpha value is -2.34. The third-order valence-corrected chi connectivity index (χ3v) is 4.31. The van der Waals surface area contributed by atoms with Crippen LogP contribution in [0.5, 0.6) is 5.75 Å². The minimum atomic E-state index is -0.291. The molecular weight excluding hydrogens is 396 g/mol. The molecule has 0 aliphatic rings. The number of nitrogens with zero attached hydrogens (tertiary/aromatic N) is 1. The van der Waals surface area contributed by atoms with Crippen molar-refractivity contribution in [3.05, 3.63) is 58.9 Å². The Morgan fingerprint density at radius 1 is 1.23 bits per heavy atom. The molecule has 0 aliphatic heterocycles. The molecule has 0 aliphatic carbocycles. The van der Waals surface area contributed by atoms with E-state index in [1.54, 1.807) is 0 Å². The topological polar surface area (TPSA) is 64.4 Å². The van der Waals surface area contributed by atoms with Crippen molar-refractivity contribution >= 4 is 32.9 Å². The van der Waals surface area contributed by atoms with E-state index in [2.05, 4.69) is 40.1 Å². The van der Waals surface area contributed by atoms with Crippen LogP contribution in [0.25, 0.3) is 11.1 Å². The van der Waals surface area contributed by atoms with Crippen molar-refractivity contribution in [2.75, 3.05) is 6.61 Å². The Kier molecular flexibility index (Phi) is 5.93. The van der Waals surface area contributed by atoms with E-state index in [-0.39, 0.29) is 18.6 Å². The second-order valence-corrected chi connectivity index (χ2v) is 7.43. The summed E-state index contributed by atoms with van der Waals surface area (Å²) >= 11 is 3.38. The van der Waals surface area contributed by atoms with Crippen LogP contribution in [0.15, 0.2) is 57.4 Å². The highest BCUT2D eigenvalue weighted by Crippen LogP contribution is 2.25. The molecule has 1 aromatic heterocycles. The molecule has 0 spiro atoms. The fourth-order valence-electron chi connectivity index (χ4n) is 2.67. The maximum absolute atomic E-state index is 12.4. The summed E-state index contributed by atoms with van der Waals surface area (Å²) in [5.74, 6) is 1.33. The number of aromatic nitrogens is 1. The van der Waals surface area contributed by atoms with Gasteiger partial charge in [0, 0.05) is 4.47 Å². The molecule has 0 unspecified atom stereocenters. The van der Waals surface area contributed by atoms with Gasteiger partial charge >= 0.3 is 0 Å². The largest absolute Gasteiger partial charge is 0.484 e. The summed E-state index contributed by atoms with van der Waals surface area (Å²) < 4.78 is 12.3. The van der Waals surface area contributed by atoms with E-state index in [0.717, 1.165) is 22.0 Å². The van der Waals surface area contributed by atoms with E-state index in [9.17, 15) is 4.79 Å². The number of amides is 1. The van der Waals surface area contributed by atoms with Crippen molar-refractivity contribution < 1.29 is 13.9 Å². The zero-order chi connectivity index (χ0) is 18.5. The van der Waals surface area contributed by atoms with Crippen LogP contribution in [0.4, 0.5) is 0 Å². The highest BCUT2D eigenvalue weighted by Gasteiger charge is 2.22. The van der Waals surface area contributed by atoms with Crippen LogP contribution in [0.1, 0.15) is 32.2 Å². The van der Waals surface area contributed by atoms with Crippen molar-refractivity contribution in [2.45, 2.75) is 26.3 Å². The van der Waals surface area contributed by atoms with Gasteiger partial charge in [-0.05, 0) is 42.7 Å². The molecule has 26 heavy (non-hydrogen) atoms. The van der Waals surface area contributed by atoms with Crippen molar-refractivity contribution in [1.29, 1.82) is 0 Å². The van der Waals surface area contributed by atoms with Gasteiger partial charge in [0.05, 0.1) is 0 Å². The van der Waals surface area contributed by atoms with Crippen LogP contribution >= 0.6 is 15.9 Å². The number of fused-ring (bicyclic) bond motifs is 1. The minimum absolute atomic E-state index is 0.0642. The molecule has 1 amide bonds. The maximum atomic E-state index is 12.4. The fourth-order valence-corrected chi connectivity index (χ4v) is 3.05. The van der Waals surface area contributed by atoms with Crippen molar-refractivity contribution in [3.8, 4) is 5.75 Å². The van der Waals surface area contributed by atoms with Crippen molar-refractivity contribution in [2.24, 2.45) is 5.92 Å². The molecule has 5 nitrogen and oxygen atoms in total. The number of carbonyl (C=O) groups excluding carboxylic acids is 1. The van der Waals surface area contributed by atoms with E-state index < -0.39 is 0 Å². The predicted octanol–water partition coefficient (Wildman–Crippen LogP) is 4.87. The van der Waals surface area contributed by atoms with E-state index in [1.807, 2.05) is 48.5 Å². The average Bonchev–Trinajstić information content (AvgIpc) is 3.03. The van der Waals surface area contributed by atoms with Crippen LogP contribution < -0.4 is 10.1 Å². The van der Waals surface area contributed by atoms with Crippen LogP contribution in [-0.4, -0.2) is 17.5 Å². The van der Waals surface area contributed by atoms with Crippen LogP contribution in [0, 0.1) is 5.92 Å². The van der Waals surface area contributed by atoms with Gasteiger partial charge in [-0.3, -0.25) is 4.79 Å². The molecule has 0 radical (unpaired) electrons. The number of benzene rings is 2. The molecule has 1 N–H and O–H groups in total. The number of oxazole rings is 1. The third-order valence-electron chi connectivity index (χ3n) is 3.82. The summed E-state index contributed by atoms with van der Waals surface area (Å²) in [6.07, 6.45) is 0.732. The number of hydrogen-bond acceptors (Lipinski definition) is 4. The van der Waals surface area contributed by atoms with Gasteiger partial charge in [0.2, 0.25) is 5.89 Å². The van der Waals surface area contributed by atoms with Crippen LogP contribution in [-0.2, 0) is 4.79 Å². The summed E-state index contributed by atoms with van der Waals surface area (Å²) in [6.45, 7) is 4.13. The van der Waals surface area contributed by atoms with Gasteiger partial charge in [0.25, 0.3) is 5.91 Å². The second kappa shape index (κ2) is 8.36. The highest BCUT2D eigenvalue weighted by atomic mass is 79.9. The van der Waals surface area contributed by atoms with E-state index >= 15 is 0 Å². The summed E-state index contributed by atoms with van der Waals surface area (Å²) in [6, 6.07) is 14.7. The Morgan fingerprint density at radius 2 is 2.04 bits per heavy atom. The van der Waals surface area contributed by atoms with Crippen molar-refractivity contribution in [3.63, 3.8) is 0 Å². The first-order valence-corrected chi connectivity index (χ1v) is 9.34. The Morgan fingerprint density at radius 3 is 2.77 bits per heavy atom. The van der Waals surface area contributed by atoms with Gasteiger partial charge in [-0.25, -0.2) is 4.98 Å². The third kappa shape index (κ3) is 4.85. The Bertz CT molecular complexity index is 858. The van der Waals surface area contributed by atoms with Gasteiger partial charge in [-0.1, -0.05) is 48.0 Å². The van der Waals surface area contributed by atoms with E-state index in [0.29, 0.717) is 17.6 Å². The standard InChI is InChI=1S/C20H21BrN2O3/c1-13(2)10-17(20-23-16-8-3-4-9-18(16)26-20)22-19(24)12-25-15-7-5-6-14(21)11-15/h3-9,11,13,17H,10,12H2,1-2H3,(H,22,24)/t17-/m0/s1. The van der Waals surface area contributed by atoms with Gasteiger partial charge in [0.1, 0.15) is 17.3 Å². The lowest BCUT2D eigenvalue weighted by atomic mass is 10.0. The molecule has 0 saturated heterocycles. The summed E-state index contributed by atoms with van der Waals surface area (Å²) in [7, 11) is 0. The number of carbonyl (C=O) groups is 1. The lowest BCUT2D eigenvalue weighted by Crippen LogP contribution is -2.33. The second-order valence-electron chi connectivity index (χ2n) is 6.52. The molecule has 1 heterocycles. The van der Waals surface area contributed by atoms with Crippen LogP contribution in [0.3, 0.4) is 0 Å². The molecule has 136 valence electrons. The molecule has 6 heteroatoms. The molecule has 0 saturated carbocycles. The SMILES string of the molecule is CC(C)C[C@H](NC(=O)COc1cccc(Br)c1)c1nc2ccccc2o1. The summed E-state index contributed by atoms with van der Waals surface area (Å²) in [4.78, 5) is 16.9. The number of nitrogens with one attached hydrogen (secondary N) is 1. The first-order chi connectivity index (χ1) is 12.5. The number of halogens is 1. The predicted molar refractivity (Wildman–Crippen MR) is 104 cm³/mol. The lowest BCUT2D eigenvalue weighted by Gasteiger charge is -2.17. The molecule has 0 fully saturated rings. The average molecular weight is 417 g/mol. The monoisotopic (exact) mass is 416 g/mol. The fraction of sp³-hybridized carbons (Fsp3) is 0.300. The maximum Gasteiger partial charge on any atom is 0.258 e. The zero-order valence-electron chi connectivity index (χ0n) is 14.7.